The molecule has 0 amide bonds. The molecule has 0 saturated heterocycles. The van der Waals surface area contributed by atoms with Gasteiger partial charge in [0.2, 0.25) is 0 Å². The Labute approximate surface area is 70.8 Å². The molecular formula is C7H15NO4. The number of aliphatic hydroxyl groups excluding tert-OH is 1. The minimum Gasteiger partial charge on any atom is -0.480 e. The zero-order valence-electron chi connectivity index (χ0n) is 7.40. The fourth-order valence-electron chi connectivity index (χ4n) is 0.819. The molecule has 0 radical (unpaired) electrons. The topological polar surface area (TPSA) is 104 Å². The maximum atomic E-state index is 10.7. The normalized spacial score (nSPS) is 17.6. The minimum absolute atomic E-state index is 0.924. The molecule has 0 spiro atoms. The summed E-state index contributed by atoms with van der Waals surface area (Å²) in [5, 5.41) is 26.3. The van der Waals surface area contributed by atoms with Crippen LogP contribution in [0.5, 0.6) is 0 Å². The molecule has 0 aliphatic carbocycles. The summed E-state index contributed by atoms with van der Waals surface area (Å²) in [4.78, 5) is 10.7. The van der Waals surface area contributed by atoms with Crippen LogP contribution in [0.15, 0.2) is 0 Å². The zero-order chi connectivity index (χ0) is 10.2. The van der Waals surface area contributed by atoms with E-state index in [1.54, 1.807) is 0 Å². The largest absolute Gasteiger partial charge is 0.480 e. The number of carbonyl (C=O) groups is 1. The van der Waals surface area contributed by atoms with Crippen molar-refractivity contribution in [2.24, 2.45) is 11.1 Å². The van der Waals surface area contributed by atoms with Gasteiger partial charge in [-0.15, -0.1) is 0 Å². The van der Waals surface area contributed by atoms with E-state index in [1.165, 1.54) is 20.8 Å². The number of nitrogens with two attached hydrogens (primary N) is 1. The molecule has 5 N–H and O–H groups in total. The van der Waals surface area contributed by atoms with Gasteiger partial charge in [0.1, 0.15) is 0 Å². The van der Waals surface area contributed by atoms with Crippen LogP contribution in [-0.4, -0.2) is 33.1 Å². The van der Waals surface area contributed by atoms with Crippen LogP contribution in [-0.2, 0) is 4.79 Å². The Bertz CT molecular complexity index is 184. The van der Waals surface area contributed by atoms with E-state index in [2.05, 4.69) is 0 Å². The quantitative estimate of drug-likeness (QED) is 0.410. The number of carboxylic acid groups (broad SMARTS) is 1. The molecule has 0 aromatic carbocycles. The third-order valence-electron chi connectivity index (χ3n) is 2.00. The predicted octanol–water partition coefficient (Wildman–Crippen LogP) is -0.875. The second-order valence-electron chi connectivity index (χ2n) is 3.80. The third-order valence-corrected chi connectivity index (χ3v) is 2.00. The lowest BCUT2D eigenvalue weighted by molar-refractivity contribution is -0.176. The highest BCUT2D eigenvalue weighted by atomic mass is 16.5. The van der Waals surface area contributed by atoms with Crippen molar-refractivity contribution in [1.29, 1.82) is 0 Å². The highest BCUT2D eigenvalue weighted by molar-refractivity contribution is 5.80. The number of rotatable bonds is 2. The number of aliphatic carboxylic acids is 1. The van der Waals surface area contributed by atoms with Crippen molar-refractivity contribution in [2.75, 3.05) is 0 Å². The van der Waals surface area contributed by atoms with Crippen LogP contribution >= 0.6 is 0 Å². The molecule has 5 nitrogen and oxygen atoms in total. The molecule has 0 rings (SSSR count). The van der Waals surface area contributed by atoms with Gasteiger partial charge in [-0.2, -0.15) is 0 Å². The van der Waals surface area contributed by atoms with Crippen LogP contribution in [0.25, 0.3) is 0 Å². The second-order valence-corrected chi connectivity index (χ2v) is 3.80. The summed E-state index contributed by atoms with van der Waals surface area (Å²) in [6.07, 6.45) is -2.07. The molecule has 0 aliphatic heterocycles. The second kappa shape index (κ2) is 3.01. The lowest BCUT2D eigenvalue weighted by Gasteiger charge is -2.38. The van der Waals surface area contributed by atoms with E-state index in [0.717, 1.165) is 0 Å². The summed E-state index contributed by atoms with van der Waals surface area (Å²) < 4.78 is 0. The Morgan fingerprint density at radius 2 is 1.67 bits per heavy atom. The van der Waals surface area contributed by atoms with E-state index in [-0.39, 0.29) is 0 Å². The van der Waals surface area contributed by atoms with Gasteiger partial charge in [0.05, 0.1) is 0 Å². The van der Waals surface area contributed by atoms with E-state index in [4.69, 9.17) is 21.1 Å². The fourth-order valence-corrected chi connectivity index (χ4v) is 0.819. The van der Waals surface area contributed by atoms with Crippen molar-refractivity contribution < 1.29 is 20.1 Å². The van der Waals surface area contributed by atoms with Gasteiger partial charge in [0.25, 0.3) is 0 Å². The molecule has 1 atom stereocenters. The molecule has 0 fully saturated rings. The van der Waals surface area contributed by atoms with Gasteiger partial charge in [-0.25, -0.2) is 4.79 Å². The van der Waals surface area contributed by atoms with E-state index in [9.17, 15) is 4.79 Å². The molecule has 0 aromatic heterocycles. The van der Waals surface area contributed by atoms with Gasteiger partial charge in [-0.1, -0.05) is 20.8 Å². The first kappa shape index (κ1) is 11.4. The first-order valence-corrected chi connectivity index (χ1v) is 3.52. The monoisotopic (exact) mass is 177 g/mol. The summed E-state index contributed by atoms with van der Waals surface area (Å²) in [6, 6.07) is 0. The Balaban J connectivity index is 5.02. The number of carboxylic acids is 1. The zero-order valence-corrected chi connectivity index (χ0v) is 7.40. The van der Waals surface area contributed by atoms with Gasteiger partial charge >= 0.3 is 5.97 Å². The maximum Gasteiger partial charge on any atom is 0.329 e. The van der Waals surface area contributed by atoms with Crippen molar-refractivity contribution in [3.8, 4) is 0 Å². The highest BCUT2D eigenvalue weighted by Gasteiger charge is 2.50. The number of aliphatic hydroxyl groups is 2. The minimum atomic E-state index is -2.07. The van der Waals surface area contributed by atoms with E-state index < -0.39 is 23.2 Å². The average Bonchev–Trinajstić information content (AvgIpc) is 1.82. The van der Waals surface area contributed by atoms with Crippen molar-refractivity contribution in [3.63, 3.8) is 0 Å². The summed E-state index contributed by atoms with van der Waals surface area (Å²) in [7, 11) is 0. The van der Waals surface area contributed by atoms with E-state index in [1.807, 2.05) is 0 Å². The first-order chi connectivity index (χ1) is 5.14. The van der Waals surface area contributed by atoms with Crippen LogP contribution in [0.2, 0.25) is 0 Å². The third kappa shape index (κ3) is 1.57. The van der Waals surface area contributed by atoms with Crippen molar-refractivity contribution in [3.05, 3.63) is 0 Å². The fraction of sp³-hybridized carbons (Fsp3) is 0.857. The molecule has 12 heavy (non-hydrogen) atoms. The molecule has 0 heterocycles. The average molecular weight is 177 g/mol. The van der Waals surface area contributed by atoms with Gasteiger partial charge in [0.15, 0.2) is 11.8 Å². The number of hydrogen-bond donors (Lipinski definition) is 4. The van der Waals surface area contributed by atoms with Crippen LogP contribution < -0.4 is 5.73 Å². The van der Waals surface area contributed by atoms with Crippen LogP contribution in [0.4, 0.5) is 0 Å². The molecule has 0 saturated carbocycles. The Kier molecular flexibility index (Phi) is 2.84. The van der Waals surface area contributed by atoms with Gasteiger partial charge < -0.3 is 21.1 Å². The van der Waals surface area contributed by atoms with E-state index in [0.29, 0.717) is 0 Å². The van der Waals surface area contributed by atoms with Crippen LogP contribution in [0.1, 0.15) is 20.8 Å². The first-order valence-electron chi connectivity index (χ1n) is 3.52. The molecule has 0 aromatic rings. The van der Waals surface area contributed by atoms with Crippen molar-refractivity contribution >= 4 is 5.97 Å². The Morgan fingerprint density at radius 1 is 1.33 bits per heavy atom. The summed E-state index contributed by atoms with van der Waals surface area (Å²) in [6.45, 7) is 4.58. The number of hydrogen-bond acceptors (Lipinski definition) is 4. The lowest BCUT2D eigenvalue weighted by Crippen LogP contribution is -2.65. The highest BCUT2D eigenvalue weighted by Crippen LogP contribution is 2.30. The lowest BCUT2D eigenvalue weighted by atomic mass is 9.74. The van der Waals surface area contributed by atoms with Crippen LogP contribution in [0.3, 0.4) is 0 Å². The molecule has 5 heteroatoms. The summed E-state index contributed by atoms with van der Waals surface area (Å²) in [5.41, 5.74) is 2.40. The van der Waals surface area contributed by atoms with Crippen molar-refractivity contribution in [1.82, 2.24) is 0 Å². The molecule has 0 unspecified atom stereocenters. The Hall–Kier alpha value is -0.650. The smallest absolute Gasteiger partial charge is 0.329 e. The molecule has 72 valence electrons. The van der Waals surface area contributed by atoms with Gasteiger partial charge in [-0.05, 0) is 5.41 Å². The predicted molar refractivity (Wildman–Crippen MR) is 42.2 cm³/mol. The van der Waals surface area contributed by atoms with Gasteiger partial charge in [0, 0.05) is 0 Å². The van der Waals surface area contributed by atoms with E-state index >= 15 is 0 Å². The molecule has 0 aliphatic rings. The summed E-state index contributed by atoms with van der Waals surface area (Å²) >= 11 is 0. The molecular weight excluding hydrogens is 162 g/mol. The summed E-state index contributed by atoms with van der Waals surface area (Å²) in [5.74, 6) is -1.43. The SMILES string of the molecule is CC(C)(C)[C@@](N)(C(=O)O)C(O)O. The maximum absolute atomic E-state index is 10.7. The van der Waals surface area contributed by atoms with Crippen molar-refractivity contribution in [2.45, 2.75) is 32.6 Å². The standard InChI is InChI=1S/C7H15NO4/c1-6(2,3)7(8,4(9)10)5(11)12/h4,9-10H,8H2,1-3H3,(H,11,12)/t7-/m0/s1. The molecule has 0 bridgehead atoms. The van der Waals surface area contributed by atoms with Gasteiger partial charge in [-0.3, -0.25) is 0 Å². The van der Waals surface area contributed by atoms with Crippen LogP contribution in [0, 0.1) is 5.41 Å². The Morgan fingerprint density at radius 3 is 1.67 bits per heavy atom.